The van der Waals surface area contributed by atoms with Crippen LogP contribution in [0.2, 0.25) is 0 Å². The van der Waals surface area contributed by atoms with E-state index in [2.05, 4.69) is 5.32 Å². The number of carbonyl (C=O) groups is 2. The lowest BCUT2D eigenvalue weighted by atomic mass is 10.2. The first-order chi connectivity index (χ1) is 7.97. The summed E-state index contributed by atoms with van der Waals surface area (Å²) in [5, 5.41) is 11.0. The fourth-order valence-electron chi connectivity index (χ4n) is 1.40. The van der Waals surface area contributed by atoms with E-state index in [0.29, 0.717) is 5.69 Å². The molecule has 1 amide bonds. The second kappa shape index (κ2) is 6.00. The number of anilines is 1. The van der Waals surface area contributed by atoms with Crippen molar-refractivity contribution in [3.8, 4) is 0 Å². The molecule has 0 spiro atoms. The zero-order valence-corrected chi connectivity index (χ0v) is 9.93. The van der Waals surface area contributed by atoms with Crippen molar-refractivity contribution in [2.24, 2.45) is 0 Å². The molecule has 1 aromatic carbocycles. The van der Waals surface area contributed by atoms with Crippen molar-refractivity contribution >= 4 is 17.6 Å². The van der Waals surface area contributed by atoms with Crippen molar-refractivity contribution in [3.05, 3.63) is 29.8 Å². The first-order valence-electron chi connectivity index (χ1n) is 5.22. The molecule has 0 heterocycles. The third-order valence-electron chi connectivity index (χ3n) is 2.05. The number of carboxylic acids is 1. The van der Waals surface area contributed by atoms with Crippen LogP contribution in [0, 0.1) is 0 Å². The van der Waals surface area contributed by atoms with Crippen LogP contribution in [0.25, 0.3) is 0 Å². The number of amides is 1. The second-order valence-corrected chi connectivity index (χ2v) is 4.05. The molecule has 0 atom stereocenters. The predicted molar refractivity (Wildman–Crippen MR) is 64.7 cm³/mol. The Balaban J connectivity index is 2.56. The highest BCUT2D eigenvalue weighted by molar-refractivity contribution is 6.01. The highest BCUT2D eigenvalue weighted by atomic mass is 16.4. The highest BCUT2D eigenvalue weighted by Gasteiger charge is 2.07. The van der Waals surface area contributed by atoms with Gasteiger partial charge in [-0.25, -0.2) is 0 Å². The molecule has 0 saturated carbocycles. The summed E-state index contributed by atoms with van der Waals surface area (Å²) in [5.74, 6) is -1.65. The first kappa shape index (κ1) is 13.2. The van der Waals surface area contributed by atoms with E-state index in [0.717, 1.165) is 12.1 Å². The molecule has 1 aromatic rings. The van der Waals surface area contributed by atoms with Crippen molar-refractivity contribution in [3.63, 3.8) is 0 Å². The number of carboxylic acid groups (broad SMARTS) is 1. The first-order valence-corrected chi connectivity index (χ1v) is 5.22. The minimum absolute atomic E-state index is 0.514. The van der Waals surface area contributed by atoms with Crippen LogP contribution < -0.4 is 5.32 Å². The minimum atomic E-state index is -1.13. The van der Waals surface area contributed by atoms with Gasteiger partial charge in [0.15, 0.2) is 0 Å². The quantitative estimate of drug-likeness (QED) is 0.753. The molecule has 2 N–H and O–H groups in total. The molecule has 0 fully saturated rings. The number of hydrogen-bond acceptors (Lipinski definition) is 3. The maximum atomic E-state index is 11.2. The average molecular weight is 236 g/mol. The lowest BCUT2D eigenvalue weighted by Gasteiger charge is -2.10. The molecule has 0 saturated heterocycles. The Hall–Kier alpha value is -1.88. The monoisotopic (exact) mass is 236 g/mol. The average Bonchev–Trinajstić information content (AvgIpc) is 2.18. The summed E-state index contributed by atoms with van der Waals surface area (Å²) < 4.78 is 0. The smallest absolute Gasteiger partial charge is 0.312 e. The largest absolute Gasteiger partial charge is 0.481 e. The third kappa shape index (κ3) is 5.12. The molecular formula is C12H16N2O3. The fourth-order valence-corrected chi connectivity index (χ4v) is 1.40. The predicted octanol–water partition coefficient (Wildman–Crippen LogP) is 1.16. The molecule has 0 radical (unpaired) electrons. The molecule has 5 heteroatoms. The van der Waals surface area contributed by atoms with E-state index in [1.54, 1.807) is 12.1 Å². The Labute approximate surface area is 100 Å². The summed E-state index contributed by atoms with van der Waals surface area (Å²) in [4.78, 5) is 23.5. The summed E-state index contributed by atoms with van der Waals surface area (Å²) >= 11 is 0. The summed E-state index contributed by atoms with van der Waals surface area (Å²) in [6.45, 7) is 0.823. The molecule has 0 bridgehead atoms. The van der Waals surface area contributed by atoms with E-state index in [1.165, 1.54) is 0 Å². The topological polar surface area (TPSA) is 69.6 Å². The fraction of sp³-hybridized carbons (Fsp3) is 0.333. The van der Waals surface area contributed by atoms with E-state index in [1.807, 2.05) is 31.1 Å². The number of aliphatic carboxylic acids is 1. The van der Waals surface area contributed by atoms with Crippen molar-refractivity contribution in [1.82, 2.24) is 4.90 Å². The Kier molecular flexibility index (Phi) is 4.66. The Morgan fingerprint density at radius 2 is 1.82 bits per heavy atom. The van der Waals surface area contributed by atoms with Crippen molar-refractivity contribution in [2.45, 2.75) is 13.0 Å². The molecule has 1 rings (SSSR count). The molecule has 0 aromatic heterocycles. The van der Waals surface area contributed by atoms with Crippen LogP contribution in [-0.4, -0.2) is 36.0 Å². The molecule has 0 aliphatic heterocycles. The second-order valence-electron chi connectivity index (χ2n) is 4.05. The highest BCUT2D eigenvalue weighted by Crippen LogP contribution is 2.10. The maximum absolute atomic E-state index is 11.2. The van der Waals surface area contributed by atoms with Crippen LogP contribution in [-0.2, 0) is 16.1 Å². The minimum Gasteiger partial charge on any atom is -0.481 e. The van der Waals surface area contributed by atoms with Gasteiger partial charge in [0.2, 0.25) is 5.91 Å². The summed E-state index contributed by atoms with van der Waals surface area (Å²) in [5.41, 5.74) is 1.74. The zero-order valence-electron chi connectivity index (χ0n) is 9.93. The van der Waals surface area contributed by atoms with E-state index in [9.17, 15) is 9.59 Å². The Morgan fingerprint density at radius 1 is 1.24 bits per heavy atom. The van der Waals surface area contributed by atoms with E-state index in [4.69, 9.17) is 5.11 Å². The number of nitrogens with one attached hydrogen (secondary N) is 1. The van der Waals surface area contributed by atoms with Gasteiger partial charge in [0, 0.05) is 12.2 Å². The van der Waals surface area contributed by atoms with E-state index >= 15 is 0 Å². The zero-order chi connectivity index (χ0) is 12.8. The van der Waals surface area contributed by atoms with Gasteiger partial charge >= 0.3 is 5.97 Å². The van der Waals surface area contributed by atoms with Crippen LogP contribution in [0.3, 0.4) is 0 Å². The molecule has 92 valence electrons. The van der Waals surface area contributed by atoms with Crippen LogP contribution in [0.15, 0.2) is 24.3 Å². The van der Waals surface area contributed by atoms with Gasteiger partial charge in [0.05, 0.1) is 0 Å². The van der Waals surface area contributed by atoms with Crippen molar-refractivity contribution in [2.75, 3.05) is 19.4 Å². The Bertz CT molecular complexity index is 399. The van der Waals surface area contributed by atoms with Gasteiger partial charge in [-0.3, -0.25) is 9.59 Å². The summed E-state index contributed by atoms with van der Waals surface area (Å²) in [7, 11) is 3.95. The van der Waals surface area contributed by atoms with Crippen LogP contribution >= 0.6 is 0 Å². The third-order valence-corrected chi connectivity index (χ3v) is 2.05. The lowest BCUT2D eigenvalue weighted by Crippen LogP contribution is -2.16. The standard InChI is InChI=1S/C12H16N2O3/c1-14(2)8-9-3-5-10(6-4-9)13-11(15)7-12(16)17/h3-6H,7-8H2,1-2H3,(H,13,15)(H,16,17). The lowest BCUT2D eigenvalue weighted by molar-refractivity contribution is -0.139. The van der Waals surface area contributed by atoms with Gasteiger partial charge in [0.25, 0.3) is 0 Å². The molecular weight excluding hydrogens is 220 g/mol. The number of hydrogen-bond donors (Lipinski definition) is 2. The van der Waals surface area contributed by atoms with Gasteiger partial charge in [-0.05, 0) is 31.8 Å². The van der Waals surface area contributed by atoms with Gasteiger partial charge in [-0.2, -0.15) is 0 Å². The normalized spacial score (nSPS) is 10.3. The van der Waals surface area contributed by atoms with Crippen LogP contribution in [0.4, 0.5) is 5.69 Å². The number of carbonyl (C=O) groups excluding carboxylic acids is 1. The van der Waals surface area contributed by atoms with Gasteiger partial charge < -0.3 is 15.3 Å². The van der Waals surface area contributed by atoms with Crippen LogP contribution in [0.5, 0.6) is 0 Å². The molecule has 0 aliphatic carbocycles. The molecule has 5 nitrogen and oxygen atoms in total. The number of nitrogens with zero attached hydrogens (tertiary/aromatic N) is 1. The molecule has 0 unspecified atom stereocenters. The number of benzene rings is 1. The van der Waals surface area contributed by atoms with Gasteiger partial charge in [-0.1, -0.05) is 12.1 Å². The maximum Gasteiger partial charge on any atom is 0.312 e. The van der Waals surface area contributed by atoms with Crippen molar-refractivity contribution in [1.29, 1.82) is 0 Å². The molecule has 0 aliphatic rings. The van der Waals surface area contributed by atoms with Gasteiger partial charge in [-0.15, -0.1) is 0 Å². The molecule has 17 heavy (non-hydrogen) atoms. The van der Waals surface area contributed by atoms with E-state index in [-0.39, 0.29) is 0 Å². The summed E-state index contributed by atoms with van der Waals surface area (Å²) in [6, 6.07) is 7.32. The Morgan fingerprint density at radius 3 is 2.29 bits per heavy atom. The number of rotatable bonds is 5. The summed E-state index contributed by atoms with van der Waals surface area (Å²) in [6.07, 6.45) is -0.514. The van der Waals surface area contributed by atoms with Gasteiger partial charge in [0.1, 0.15) is 6.42 Å². The van der Waals surface area contributed by atoms with Crippen molar-refractivity contribution < 1.29 is 14.7 Å². The van der Waals surface area contributed by atoms with E-state index < -0.39 is 18.3 Å². The SMILES string of the molecule is CN(C)Cc1ccc(NC(=O)CC(=O)O)cc1. The van der Waals surface area contributed by atoms with Crippen LogP contribution in [0.1, 0.15) is 12.0 Å².